The molecule has 0 radical (unpaired) electrons. The highest BCUT2D eigenvalue weighted by Gasteiger charge is 2.16. The van der Waals surface area contributed by atoms with Crippen LogP contribution in [0.2, 0.25) is 0 Å². The molecule has 0 saturated heterocycles. The number of nitrogens with one attached hydrogen (secondary N) is 1. The van der Waals surface area contributed by atoms with Crippen molar-refractivity contribution in [1.82, 2.24) is 5.43 Å². The Morgan fingerprint density at radius 3 is 2.69 bits per heavy atom. The third-order valence-electron chi connectivity index (χ3n) is 3.57. The maximum absolute atomic E-state index is 12.2. The van der Waals surface area contributed by atoms with Gasteiger partial charge in [0.15, 0.2) is 23.0 Å². The minimum absolute atomic E-state index is 0.0307. The van der Waals surface area contributed by atoms with Crippen LogP contribution < -0.4 is 19.6 Å². The molecule has 2 aromatic carbocycles. The minimum Gasteiger partial charge on any atom is -0.503 e. The highest BCUT2D eigenvalue weighted by molar-refractivity contribution is 9.13. The van der Waals surface area contributed by atoms with E-state index in [1.807, 2.05) is 0 Å². The highest BCUT2D eigenvalue weighted by Crippen LogP contribution is 2.41. The maximum atomic E-state index is 12.2. The molecule has 0 aliphatic carbocycles. The first-order chi connectivity index (χ1) is 12.5. The van der Waals surface area contributed by atoms with Crippen LogP contribution in [0.4, 0.5) is 0 Å². The third kappa shape index (κ3) is 3.78. The number of carbonyl (C=O) groups excluding carboxylic acids is 1. The number of benzene rings is 2. The Hall–Kier alpha value is -2.26. The van der Waals surface area contributed by atoms with Gasteiger partial charge in [-0.2, -0.15) is 5.10 Å². The predicted octanol–water partition coefficient (Wildman–Crippen LogP) is 3.46. The van der Waals surface area contributed by atoms with E-state index >= 15 is 0 Å². The average molecular weight is 486 g/mol. The molecule has 1 heterocycles. The van der Waals surface area contributed by atoms with Crippen LogP contribution in [-0.4, -0.2) is 37.6 Å². The van der Waals surface area contributed by atoms with E-state index in [1.54, 1.807) is 24.3 Å². The first kappa shape index (κ1) is 18.5. The van der Waals surface area contributed by atoms with Crippen molar-refractivity contribution in [3.8, 4) is 23.0 Å². The second-order valence-corrected chi connectivity index (χ2v) is 6.79. The first-order valence-corrected chi connectivity index (χ1v) is 9.08. The van der Waals surface area contributed by atoms with Crippen LogP contribution >= 0.6 is 31.9 Å². The second kappa shape index (κ2) is 7.96. The fourth-order valence-corrected chi connectivity index (χ4v) is 3.10. The standard InChI is InChI=1S/C17H14Br2N2O5/c1-24-13-7-10(14(18)15(19)16(13)22)8-20-21-17(23)9-2-3-11-12(6-9)26-5-4-25-11/h2-3,6-8,22H,4-5H2,1H3,(H,21,23)/b20-8+. The van der Waals surface area contributed by atoms with Crippen molar-refractivity contribution in [3.63, 3.8) is 0 Å². The Morgan fingerprint density at radius 2 is 1.96 bits per heavy atom. The van der Waals surface area contributed by atoms with Crippen molar-refractivity contribution in [2.75, 3.05) is 20.3 Å². The first-order valence-electron chi connectivity index (χ1n) is 7.49. The van der Waals surface area contributed by atoms with E-state index in [0.29, 0.717) is 44.8 Å². The molecule has 1 aliphatic rings. The lowest BCUT2D eigenvalue weighted by atomic mass is 10.2. The third-order valence-corrected chi connectivity index (χ3v) is 5.73. The van der Waals surface area contributed by atoms with E-state index in [2.05, 4.69) is 42.4 Å². The van der Waals surface area contributed by atoms with Crippen LogP contribution in [0.5, 0.6) is 23.0 Å². The Labute approximate surface area is 166 Å². The number of ether oxygens (including phenoxy) is 3. The Kier molecular flexibility index (Phi) is 5.67. The van der Waals surface area contributed by atoms with Crippen molar-refractivity contribution in [1.29, 1.82) is 0 Å². The van der Waals surface area contributed by atoms with Gasteiger partial charge in [0.25, 0.3) is 5.91 Å². The number of amides is 1. The number of aromatic hydroxyl groups is 1. The van der Waals surface area contributed by atoms with Crippen molar-refractivity contribution >= 4 is 44.0 Å². The SMILES string of the molecule is COc1cc(/C=N/NC(=O)c2ccc3c(c2)OCCO3)c(Br)c(Br)c1O. The summed E-state index contributed by atoms with van der Waals surface area (Å²) in [6.07, 6.45) is 1.44. The molecule has 0 spiro atoms. The number of carbonyl (C=O) groups is 1. The van der Waals surface area contributed by atoms with E-state index in [9.17, 15) is 9.90 Å². The summed E-state index contributed by atoms with van der Waals surface area (Å²) in [7, 11) is 1.44. The summed E-state index contributed by atoms with van der Waals surface area (Å²) >= 11 is 6.61. The molecule has 2 N–H and O–H groups in total. The topological polar surface area (TPSA) is 89.4 Å². The molecule has 136 valence electrons. The Bertz CT molecular complexity index is 886. The molecule has 9 heteroatoms. The Balaban J connectivity index is 1.74. The Morgan fingerprint density at radius 1 is 1.23 bits per heavy atom. The molecule has 0 saturated carbocycles. The van der Waals surface area contributed by atoms with E-state index in [-0.39, 0.29) is 17.4 Å². The molecule has 0 unspecified atom stereocenters. The number of rotatable bonds is 4. The van der Waals surface area contributed by atoms with Crippen LogP contribution in [-0.2, 0) is 0 Å². The largest absolute Gasteiger partial charge is 0.503 e. The lowest BCUT2D eigenvalue weighted by Gasteiger charge is -2.18. The van der Waals surface area contributed by atoms with E-state index in [4.69, 9.17) is 14.2 Å². The van der Waals surface area contributed by atoms with Crippen molar-refractivity contribution in [2.24, 2.45) is 5.10 Å². The van der Waals surface area contributed by atoms with Crippen molar-refractivity contribution < 1.29 is 24.1 Å². The number of fused-ring (bicyclic) bond motifs is 1. The van der Waals surface area contributed by atoms with Crippen LogP contribution in [0.25, 0.3) is 0 Å². The van der Waals surface area contributed by atoms with Crippen LogP contribution in [0.1, 0.15) is 15.9 Å². The van der Waals surface area contributed by atoms with Gasteiger partial charge < -0.3 is 19.3 Å². The van der Waals surface area contributed by atoms with Gasteiger partial charge in [0.05, 0.1) is 17.8 Å². The van der Waals surface area contributed by atoms with Gasteiger partial charge in [-0.25, -0.2) is 5.43 Å². The molecule has 2 aromatic rings. The summed E-state index contributed by atoms with van der Waals surface area (Å²) < 4.78 is 17.0. The number of hydrazone groups is 1. The average Bonchev–Trinajstić information content (AvgIpc) is 2.67. The summed E-state index contributed by atoms with van der Waals surface area (Å²) in [5.41, 5.74) is 3.45. The molecule has 0 aromatic heterocycles. The number of nitrogens with zero attached hydrogens (tertiary/aromatic N) is 1. The number of phenols is 1. The van der Waals surface area contributed by atoms with Gasteiger partial charge in [0, 0.05) is 15.6 Å². The summed E-state index contributed by atoms with van der Waals surface area (Å²) in [6, 6.07) is 6.51. The number of halogens is 2. The zero-order valence-electron chi connectivity index (χ0n) is 13.6. The summed E-state index contributed by atoms with van der Waals surface area (Å²) in [5, 5.41) is 13.9. The molecular weight excluding hydrogens is 472 g/mol. The molecule has 1 amide bonds. The predicted molar refractivity (Wildman–Crippen MR) is 103 cm³/mol. The zero-order valence-corrected chi connectivity index (χ0v) is 16.8. The molecule has 3 rings (SSSR count). The van der Waals surface area contributed by atoms with Crippen molar-refractivity contribution in [3.05, 3.63) is 44.3 Å². The monoisotopic (exact) mass is 484 g/mol. The molecule has 7 nitrogen and oxygen atoms in total. The highest BCUT2D eigenvalue weighted by atomic mass is 79.9. The van der Waals surface area contributed by atoms with Gasteiger partial charge in [-0.3, -0.25) is 4.79 Å². The number of methoxy groups -OCH3 is 1. The minimum atomic E-state index is -0.390. The van der Waals surface area contributed by atoms with Gasteiger partial charge in [-0.1, -0.05) is 0 Å². The fourth-order valence-electron chi connectivity index (χ4n) is 2.27. The summed E-state index contributed by atoms with van der Waals surface area (Å²) in [6.45, 7) is 0.936. The van der Waals surface area contributed by atoms with Gasteiger partial charge in [-0.15, -0.1) is 0 Å². The van der Waals surface area contributed by atoms with E-state index in [1.165, 1.54) is 13.3 Å². The summed E-state index contributed by atoms with van der Waals surface area (Å²) in [4.78, 5) is 12.2. The lowest BCUT2D eigenvalue weighted by molar-refractivity contribution is 0.0954. The zero-order chi connectivity index (χ0) is 18.7. The molecular formula is C17H14Br2N2O5. The fraction of sp³-hybridized carbons (Fsp3) is 0.176. The van der Waals surface area contributed by atoms with E-state index < -0.39 is 0 Å². The van der Waals surface area contributed by atoms with Crippen molar-refractivity contribution in [2.45, 2.75) is 0 Å². The second-order valence-electron chi connectivity index (χ2n) is 5.20. The van der Waals surface area contributed by atoms with Gasteiger partial charge in [-0.05, 0) is 56.1 Å². The molecule has 26 heavy (non-hydrogen) atoms. The maximum Gasteiger partial charge on any atom is 0.271 e. The van der Waals surface area contributed by atoms with Crippen LogP contribution in [0, 0.1) is 0 Å². The lowest BCUT2D eigenvalue weighted by Crippen LogP contribution is -2.19. The van der Waals surface area contributed by atoms with Gasteiger partial charge >= 0.3 is 0 Å². The molecule has 0 fully saturated rings. The molecule has 1 aliphatic heterocycles. The number of hydrogen-bond acceptors (Lipinski definition) is 6. The molecule has 0 atom stereocenters. The normalized spacial score (nSPS) is 12.9. The number of phenolic OH excluding ortho intramolecular Hbond substituents is 1. The van der Waals surface area contributed by atoms with E-state index in [0.717, 1.165) is 0 Å². The summed E-state index contributed by atoms with van der Waals surface area (Å²) in [5.74, 6) is 1.000. The quantitative estimate of drug-likeness (QED) is 0.511. The van der Waals surface area contributed by atoms with Crippen LogP contribution in [0.3, 0.4) is 0 Å². The van der Waals surface area contributed by atoms with Gasteiger partial charge in [0.1, 0.15) is 13.2 Å². The smallest absolute Gasteiger partial charge is 0.271 e. The number of hydrogen-bond donors (Lipinski definition) is 2. The van der Waals surface area contributed by atoms with Gasteiger partial charge in [0.2, 0.25) is 0 Å². The molecule has 0 bridgehead atoms. The van der Waals surface area contributed by atoms with Crippen LogP contribution in [0.15, 0.2) is 38.3 Å².